The molecule has 5 nitrogen and oxygen atoms in total. The lowest BCUT2D eigenvalue weighted by atomic mass is 10.1. The van der Waals surface area contributed by atoms with E-state index in [2.05, 4.69) is 21.3 Å². The molecule has 1 N–H and O–H groups in total. The molecule has 0 atom stereocenters. The molecule has 1 rings (SSSR count). The minimum Gasteiger partial charge on any atom is -0.370 e. The van der Waals surface area contributed by atoms with Crippen molar-refractivity contribution in [1.29, 1.82) is 0 Å². The van der Waals surface area contributed by atoms with Crippen LogP contribution in [0.15, 0.2) is 23.2 Å². The summed E-state index contributed by atoms with van der Waals surface area (Å²) in [6.45, 7) is 9.38. The quantitative estimate of drug-likeness (QED) is 0.775. The number of rotatable bonds is 7. The van der Waals surface area contributed by atoms with Gasteiger partial charge in [0.1, 0.15) is 0 Å². The zero-order chi connectivity index (χ0) is 14.5. The van der Waals surface area contributed by atoms with Crippen molar-refractivity contribution in [3.05, 3.63) is 23.8 Å². The number of hydrogen-bond acceptors (Lipinski definition) is 4. The van der Waals surface area contributed by atoms with E-state index in [0.717, 1.165) is 29.7 Å². The van der Waals surface area contributed by atoms with Crippen LogP contribution in [0.5, 0.6) is 0 Å². The minimum atomic E-state index is -3.13. The van der Waals surface area contributed by atoms with E-state index in [4.69, 9.17) is 0 Å². The van der Waals surface area contributed by atoms with Crippen molar-refractivity contribution in [3.63, 3.8) is 0 Å². The predicted octanol–water partition coefficient (Wildman–Crippen LogP) is 1.70. The van der Waals surface area contributed by atoms with E-state index in [-0.39, 0.29) is 0 Å². The maximum atomic E-state index is 11.0. The molecule has 0 aliphatic heterocycles. The summed E-state index contributed by atoms with van der Waals surface area (Å²) in [5.74, 6) is 0. The van der Waals surface area contributed by atoms with Crippen molar-refractivity contribution in [1.82, 2.24) is 4.72 Å². The van der Waals surface area contributed by atoms with Gasteiger partial charge >= 0.3 is 0 Å². The summed E-state index contributed by atoms with van der Waals surface area (Å²) in [4.78, 5) is 6.04. The summed E-state index contributed by atoms with van der Waals surface area (Å²) >= 11 is 0. The SMILES string of the molecule is C=Nc1ccc(N(CC)CCNS(C)(=O)=O)cc1C. The van der Waals surface area contributed by atoms with E-state index in [1.165, 1.54) is 0 Å². The second-order valence-corrected chi connectivity index (χ2v) is 6.21. The fraction of sp³-hybridized carbons (Fsp3) is 0.462. The van der Waals surface area contributed by atoms with Gasteiger partial charge in [-0.25, -0.2) is 13.1 Å². The molecule has 106 valence electrons. The highest BCUT2D eigenvalue weighted by atomic mass is 32.2. The van der Waals surface area contributed by atoms with Gasteiger partial charge in [0.05, 0.1) is 11.9 Å². The van der Waals surface area contributed by atoms with Crippen LogP contribution < -0.4 is 9.62 Å². The summed E-state index contributed by atoms with van der Waals surface area (Å²) in [5, 5.41) is 0. The Morgan fingerprint density at radius 2 is 2.11 bits per heavy atom. The van der Waals surface area contributed by atoms with Crippen LogP contribution in [0.3, 0.4) is 0 Å². The Balaban J connectivity index is 2.74. The van der Waals surface area contributed by atoms with Crippen LogP contribution >= 0.6 is 0 Å². The topological polar surface area (TPSA) is 61.8 Å². The van der Waals surface area contributed by atoms with Gasteiger partial charge in [0.2, 0.25) is 10.0 Å². The van der Waals surface area contributed by atoms with Crippen LogP contribution in [0.1, 0.15) is 12.5 Å². The van der Waals surface area contributed by atoms with E-state index in [1.54, 1.807) is 0 Å². The number of aryl methyl sites for hydroxylation is 1. The second-order valence-electron chi connectivity index (χ2n) is 4.38. The fourth-order valence-corrected chi connectivity index (χ4v) is 2.31. The Labute approximate surface area is 115 Å². The number of sulfonamides is 1. The van der Waals surface area contributed by atoms with E-state index >= 15 is 0 Å². The van der Waals surface area contributed by atoms with Gasteiger partial charge in [0.25, 0.3) is 0 Å². The molecule has 0 spiro atoms. The molecule has 0 saturated heterocycles. The monoisotopic (exact) mass is 283 g/mol. The first-order chi connectivity index (χ1) is 8.87. The van der Waals surface area contributed by atoms with Crippen LogP contribution in [0, 0.1) is 6.92 Å². The lowest BCUT2D eigenvalue weighted by molar-refractivity contribution is 0.587. The first-order valence-electron chi connectivity index (χ1n) is 6.14. The molecule has 0 bridgehead atoms. The van der Waals surface area contributed by atoms with Gasteiger partial charge in [0.15, 0.2) is 0 Å². The van der Waals surface area contributed by atoms with Crippen LogP contribution in [-0.4, -0.2) is 41.0 Å². The van der Waals surface area contributed by atoms with Gasteiger partial charge in [-0.15, -0.1) is 0 Å². The maximum absolute atomic E-state index is 11.0. The summed E-state index contributed by atoms with van der Waals surface area (Å²) in [6.07, 6.45) is 1.16. The van der Waals surface area contributed by atoms with Crippen molar-refractivity contribution in [2.24, 2.45) is 4.99 Å². The summed E-state index contributed by atoms with van der Waals surface area (Å²) in [5.41, 5.74) is 2.98. The molecule has 0 fully saturated rings. The Morgan fingerprint density at radius 3 is 2.58 bits per heavy atom. The highest BCUT2D eigenvalue weighted by Crippen LogP contribution is 2.24. The van der Waals surface area contributed by atoms with E-state index in [0.29, 0.717) is 13.1 Å². The largest absolute Gasteiger partial charge is 0.370 e. The molecular weight excluding hydrogens is 262 g/mol. The standard InChI is InChI=1S/C13H21N3O2S/c1-5-16(9-8-15-19(4,17)18)12-6-7-13(14-3)11(2)10-12/h6-7,10,15H,3,5,8-9H2,1-2,4H3. The summed E-state index contributed by atoms with van der Waals surface area (Å²) in [6, 6.07) is 5.93. The van der Waals surface area contributed by atoms with Gasteiger partial charge in [-0.3, -0.25) is 4.99 Å². The van der Waals surface area contributed by atoms with E-state index in [1.807, 2.05) is 32.0 Å². The van der Waals surface area contributed by atoms with Gasteiger partial charge in [-0.05, 0) is 44.3 Å². The molecule has 0 aliphatic rings. The molecule has 0 aliphatic carbocycles. The first kappa shape index (κ1) is 15.7. The molecule has 1 aromatic carbocycles. The fourth-order valence-electron chi connectivity index (χ4n) is 1.85. The molecule has 1 aromatic rings. The Hall–Kier alpha value is -1.40. The third kappa shape index (κ3) is 5.00. The van der Waals surface area contributed by atoms with Gasteiger partial charge in [-0.1, -0.05) is 0 Å². The minimum absolute atomic E-state index is 0.396. The van der Waals surface area contributed by atoms with Gasteiger partial charge < -0.3 is 4.90 Å². The Morgan fingerprint density at radius 1 is 1.42 bits per heavy atom. The average Bonchev–Trinajstić information content (AvgIpc) is 2.33. The van der Waals surface area contributed by atoms with Crippen molar-refractivity contribution in [2.45, 2.75) is 13.8 Å². The van der Waals surface area contributed by atoms with Crippen molar-refractivity contribution >= 4 is 28.1 Å². The predicted molar refractivity (Wildman–Crippen MR) is 81.1 cm³/mol. The normalized spacial score (nSPS) is 11.3. The third-order valence-corrected chi connectivity index (χ3v) is 3.57. The second kappa shape index (κ2) is 6.68. The highest BCUT2D eigenvalue weighted by molar-refractivity contribution is 7.88. The lowest BCUT2D eigenvalue weighted by Gasteiger charge is -2.23. The molecule has 0 heterocycles. The molecule has 0 radical (unpaired) electrons. The van der Waals surface area contributed by atoms with Crippen molar-refractivity contribution in [2.75, 3.05) is 30.8 Å². The number of nitrogens with zero attached hydrogens (tertiary/aromatic N) is 2. The summed E-state index contributed by atoms with van der Waals surface area (Å²) < 4.78 is 24.5. The molecule has 19 heavy (non-hydrogen) atoms. The van der Waals surface area contributed by atoms with E-state index in [9.17, 15) is 8.42 Å². The number of benzene rings is 1. The van der Waals surface area contributed by atoms with Crippen LogP contribution in [0.4, 0.5) is 11.4 Å². The Kier molecular flexibility index (Phi) is 5.50. The van der Waals surface area contributed by atoms with Crippen LogP contribution in [0.2, 0.25) is 0 Å². The average molecular weight is 283 g/mol. The van der Waals surface area contributed by atoms with Crippen LogP contribution in [-0.2, 0) is 10.0 Å². The highest BCUT2D eigenvalue weighted by Gasteiger charge is 2.07. The molecule has 0 amide bonds. The molecule has 6 heteroatoms. The molecule has 0 unspecified atom stereocenters. The maximum Gasteiger partial charge on any atom is 0.208 e. The summed E-state index contributed by atoms with van der Waals surface area (Å²) in [7, 11) is -3.13. The number of likely N-dealkylation sites (N-methyl/N-ethyl adjacent to an activating group) is 1. The van der Waals surface area contributed by atoms with Gasteiger partial charge in [0, 0.05) is 25.3 Å². The van der Waals surface area contributed by atoms with E-state index < -0.39 is 10.0 Å². The number of hydrogen-bond donors (Lipinski definition) is 1. The molecule has 0 aromatic heterocycles. The molecular formula is C13H21N3O2S. The number of aliphatic imine (C=N–C) groups is 1. The smallest absolute Gasteiger partial charge is 0.208 e. The van der Waals surface area contributed by atoms with Crippen LogP contribution in [0.25, 0.3) is 0 Å². The van der Waals surface area contributed by atoms with Crippen molar-refractivity contribution < 1.29 is 8.42 Å². The van der Waals surface area contributed by atoms with Gasteiger partial charge in [-0.2, -0.15) is 0 Å². The first-order valence-corrected chi connectivity index (χ1v) is 8.03. The molecule has 0 saturated carbocycles. The zero-order valence-electron chi connectivity index (χ0n) is 11.7. The van der Waals surface area contributed by atoms with Crippen molar-refractivity contribution in [3.8, 4) is 0 Å². The number of anilines is 1. The lowest BCUT2D eigenvalue weighted by Crippen LogP contribution is -2.34. The number of nitrogens with one attached hydrogen (secondary N) is 1. The Bertz CT molecular complexity index is 541. The third-order valence-electron chi connectivity index (χ3n) is 2.84. The zero-order valence-corrected chi connectivity index (χ0v) is 12.5.